The van der Waals surface area contributed by atoms with E-state index in [0.29, 0.717) is 16.8 Å². The lowest BCUT2D eigenvalue weighted by atomic mass is 10.0. The van der Waals surface area contributed by atoms with Gasteiger partial charge in [-0.05, 0) is 26.0 Å². The van der Waals surface area contributed by atoms with Crippen LogP contribution >= 0.6 is 0 Å². The second-order valence-corrected chi connectivity index (χ2v) is 7.77. The highest BCUT2D eigenvalue weighted by Gasteiger charge is 2.36. The zero-order valence-corrected chi connectivity index (χ0v) is 17.4. The summed E-state index contributed by atoms with van der Waals surface area (Å²) in [5.74, 6) is -1.69. The number of aryl methyl sites for hydroxylation is 1. The molecule has 1 aliphatic rings. The third-order valence-corrected chi connectivity index (χ3v) is 5.63. The quantitative estimate of drug-likeness (QED) is 0.705. The molecule has 1 fully saturated rings. The molecule has 1 N–H and O–H groups in total. The Labute approximate surface area is 179 Å². The van der Waals surface area contributed by atoms with E-state index >= 15 is 0 Å². The number of hydrogen-bond donors (Lipinski definition) is 1. The predicted molar refractivity (Wildman–Crippen MR) is 117 cm³/mol. The highest BCUT2D eigenvalue weighted by Crippen LogP contribution is 2.27. The van der Waals surface area contributed by atoms with Crippen LogP contribution in [0, 0.1) is 6.92 Å². The molecule has 0 aliphatic carbocycles. The first kappa shape index (κ1) is 20.5. The van der Waals surface area contributed by atoms with Crippen LogP contribution < -0.4 is 0 Å². The van der Waals surface area contributed by atoms with Crippen LogP contribution in [0.4, 0.5) is 0 Å². The summed E-state index contributed by atoms with van der Waals surface area (Å²) < 4.78 is 0. The van der Waals surface area contributed by atoms with Gasteiger partial charge >= 0.3 is 5.97 Å². The second kappa shape index (κ2) is 8.18. The monoisotopic (exact) mass is 417 g/mol. The van der Waals surface area contributed by atoms with Gasteiger partial charge in [0, 0.05) is 24.0 Å². The van der Waals surface area contributed by atoms with E-state index in [1.54, 1.807) is 13.0 Å². The molecule has 1 aromatic heterocycles. The van der Waals surface area contributed by atoms with Gasteiger partial charge in [0.15, 0.2) is 0 Å². The van der Waals surface area contributed by atoms with E-state index in [4.69, 9.17) is 10.1 Å². The number of aliphatic carboxylic acids is 1. The third-order valence-electron chi connectivity index (χ3n) is 5.63. The average molecular weight is 417 g/mol. The summed E-state index contributed by atoms with van der Waals surface area (Å²) in [5, 5.41) is 9.73. The molecule has 0 bridgehead atoms. The second-order valence-electron chi connectivity index (χ2n) is 7.77. The zero-order chi connectivity index (χ0) is 22.1. The van der Waals surface area contributed by atoms with Gasteiger partial charge in [-0.15, -0.1) is 0 Å². The average Bonchev–Trinajstić information content (AvgIpc) is 2.76. The summed E-state index contributed by atoms with van der Waals surface area (Å²) in [4.78, 5) is 44.7. The van der Waals surface area contributed by atoms with Crippen molar-refractivity contribution in [3.05, 3.63) is 65.7 Å². The highest BCUT2D eigenvalue weighted by atomic mass is 16.4. The molecule has 1 saturated heterocycles. The maximum atomic E-state index is 13.5. The zero-order valence-electron chi connectivity index (χ0n) is 17.4. The summed E-state index contributed by atoms with van der Waals surface area (Å²) in [5.41, 5.74) is 3.90. The summed E-state index contributed by atoms with van der Waals surface area (Å²) in [7, 11) is 0. The summed E-state index contributed by atoms with van der Waals surface area (Å²) in [6.07, 6.45) is 0. The topological polar surface area (TPSA) is 90.8 Å². The molecule has 3 aromatic rings. The molecule has 1 aliphatic heterocycles. The molecule has 7 nitrogen and oxygen atoms in total. The smallest absolute Gasteiger partial charge is 0.323 e. The lowest BCUT2D eigenvalue weighted by Crippen LogP contribution is -2.58. The molecular formula is C24H23N3O4. The van der Waals surface area contributed by atoms with Gasteiger partial charge in [-0.3, -0.25) is 14.4 Å². The molecule has 0 spiro atoms. The summed E-state index contributed by atoms with van der Waals surface area (Å²) in [6.45, 7) is 3.75. The Hall–Kier alpha value is -3.74. The Bertz CT molecular complexity index is 1170. The van der Waals surface area contributed by atoms with Crippen molar-refractivity contribution in [1.29, 1.82) is 0 Å². The summed E-state index contributed by atoms with van der Waals surface area (Å²) in [6, 6.07) is 16.4. The first-order valence-corrected chi connectivity index (χ1v) is 10.1. The van der Waals surface area contributed by atoms with E-state index in [1.165, 1.54) is 9.80 Å². The van der Waals surface area contributed by atoms with Crippen LogP contribution in [0.2, 0.25) is 0 Å². The number of carboxylic acid groups (broad SMARTS) is 1. The Morgan fingerprint density at radius 2 is 1.81 bits per heavy atom. The fourth-order valence-electron chi connectivity index (χ4n) is 3.91. The maximum absolute atomic E-state index is 13.5. The van der Waals surface area contributed by atoms with Crippen molar-refractivity contribution in [3.8, 4) is 11.3 Å². The SMILES string of the molecule is Cc1ccc(-c2cc(C(=O)N3CCN(CC(=O)O)C(=O)C3C)c3ccccc3n2)cc1. The van der Waals surface area contributed by atoms with Crippen molar-refractivity contribution >= 4 is 28.7 Å². The molecule has 1 unspecified atom stereocenters. The normalized spacial score (nSPS) is 16.6. The van der Waals surface area contributed by atoms with Gasteiger partial charge in [-0.25, -0.2) is 4.98 Å². The van der Waals surface area contributed by atoms with Crippen LogP contribution in [0.5, 0.6) is 0 Å². The Balaban J connectivity index is 1.73. The Kier molecular flexibility index (Phi) is 5.42. The fraction of sp³-hybridized carbons (Fsp3) is 0.250. The molecule has 0 saturated carbocycles. The van der Waals surface area contributed by atoms with Gasteiger partial charge < -0.3 is 14.9 Å². The van der Waals surface area contributed by atoms with E-state index in [-0.39, 0.29) is 31.4 Å². The molecule has 1 atom stereocenters. The number of rotatable bonds is 4. The van der Waals surface area contributed by atoms with Crippen molar-refractivity contribution in [2.24, 2.45) is 0 Å². The molecule has 0 radical (unpaired) electrons. The van der Waals surface area contributed by atoms with E-state index in [9.17, 15) is 14.4 Å². The van der Waals surface area contributed by atoms with Crippen molar-refractivity contribution in [2.45, 2.75) is 19.9 Å². The summed E-state index contributed by atoms with van der Waals surface area (Å²) >= 11 is 0. The van der Waals surface area contributed by atoms with E-state index < -0.39 is 12.0 Å². The van der Waals surface area contributed by atoms with Crippen LogP contribution in [0.15, 0.2) is 54.6 Å². The number of para-hydroxylation sites is 1. The van der Waals surface area contributed by atoms with Crippen LogP contribution in [-0.2, 0) is 9.59 Å². The standard InChI is InChI=1S/C24H23N3O4/c1-15-7-9-17(10-8-15)21-13-19(18-5-3-4-6-20(18)25-21)24(31)27-12-11-26(14-22(28)29)23(30)16(27)2/h3-10,13,16H,11-12,14H2,1-2H3,(H,28,29). The first-order chi connectivity index (χ1) is 14.8. The lowest BCUT2D eigenvalue weighted by Gasteiger charge is -2.38. The van der Waals surface area contributed by atoms with Crippen LogP contribution in [0.3, 0.4) is 0 Å². The van der Waals surface area contributed by atoms with E-state index in [2.05, 4.69) is 0 Å². The van der Waals surface area contributed by atoms with Crippen molar-refractivity contribution in [2.75, 3.05) is 19.6 Å². The van der Waals surface area contributed by atoms with Crippen molar-refractivity contribution in [1.82, 2.24) is 14.8 Å². The number of nitrogens with zero attached hydrogens (tertiary/aromatic N) is 3. The number of pyridine rings is 1. The predicted octanol–water partition coefficient (Wildman–Crippen LogP) is 2.97. The first-order valence-electron chi connectivity index (χ1n) is 10.1. The van der Waals surface area contributed by atoms with E-state index in [0.717, 1.165) is 16.5 Å². The van der Waals surface area contributed by atoms with Gasteiger partial charge in [0.05, 0.1) is 16.8 Å². The third kappa shape index (κ3) is 3.99. The number of benzene rings is 2. The van der Waals surface area contributed by atoms with Gasteiger partial charge in [-0.2, -0.15) is 0 Å². The number of piperazine rings is 1. The number of fused-ring (bicyclic) bond motifs is 1. The fourth-order valence-corrected chi connectivity index (χ4v) is 3.91. The van der Waals surface area contributed by atoms with Crippen LogP contribution in [-0.4, -0.2) is 63.4 Å². The van der Waals surface area contributed by atoms with Crippen molar-refractivity contribution < 1.29 is 19.5 Å². The minimum absolute atomic E-state index is 0.190. The largest absolute Gasteiger partial charge is 0.480 e. The minimum atomic E-state index is -1.07. The van der Waals surface area contributed by atoms with Gasteiger partial charge in [0.2, 0.25) is 5.91 Å². The van der Waals surface area contributed by atoms with Gasteiger partial charge in [0.1, 0.15) is 12.6 Å². The minimum Gasteiger partial charge on any atom is -0.480 e. The molecule has 31 heavy (non-hydrogen) atoms. The molecule has 158 valence electrons. The molecule has 2 heterocycles. The van der Waals surface area contributed by atoms with Gasteiger partial charge in [0.25, 0.3) is 5.91 Å². The Morgan fingerprint density at radius 3 is 2.52 bits per heavy atom. The van der Waals surface area contributed by atoms with Gasteiger partial charge in [-0.1, -0.05) is 48.0 Å². The number of carbonyl (C=O) groups excluding carboxylic acids is 2. The molecule has 4 rings (SSSR count). The number of hydrogen-bond acceptors (Lipinski definition) is 4. The molecule has 7 heteroatoms. The number of amides is 2. The Morgan fingerprint density at radius 1 is 1.10 bits per heavy atom. The number of aromatic nitrogens is 1. The number of carboxylic acids is 1. The highest BCUT2D eigenvalue weighted by molar-refractivity contribution is 6.08. The van der Waals surface area contributed by atoms with Crippen LogP contribution in [0.1, 0.15) is 22.8 Å². The molecule has 2 aromatic carbocycles. The van der Waals surface area contributed by atoms with E-state index in [1.807, 2.05) is 55.5 Å². The van der Waals surface area contributed by atoms with Crippen molar-refractivity contribution in [3.63, 3.8) is 0 Å². The maximum Gasteiger partial charge on any atom is 0.323 e. The molecular weight excluding hydrogens is 394 g/mol. The lowest BCUT2D eigenvalue weighted by molar-refractivity contribution is -0.148. The van der Waals surface area contributed by atoms with Crippen LogP contribution in [0.25, 0.3) is 22.2 Å². The number of carbonyl (C=O) groups is 3. The molecule has 2 amide bonds.